The largest absolute Gasteiger partial charge is 0.339 e. The minimum Gasteiger partial charge on any atom is -0.339 e. The van der Waals surface area contributed by atoms with Gasteiger partial charge in [0.25, 0.3) is 11.8 Å². The number of halogens is 3. The summed E-state index contributed by atoms with van der Waals surface area (Å²) in [5.74, 6) is -1.53. The van der Waals surface area contributed by atoms with Crippen molar-refractivity contribution in [1.82, 2.24) is 5.32 Å². The Morgan fingerprint density at radius 1 is 1.67 bits per heavy atom. The van der Waals surface area contributed by atoms with E-state index in [-0.39, 0.29) is 6.42 Å². The zero-order valence-electron chi connectivity index (χ0n) is 6.46. The molecule has 68 valence electrons. The SMILES string of the molecule is CCC(F)(F)CNC(=O)C#CBr. The van der Waals surface area contributed by atoms with E-state index in [1.165, 1.54) is 6.92 Å². The van der Waals surface area contributed by atoms with Crippen LogP contribution in [0.15, 0.2) is 0 Å². The van der Waals surface area contributed by atoms with Gasteiger partial charge in [-0.3, -0.25) is 4.79 Å². The van der Waals surface area contributed by atoms with E-state index in [0.717, 1.165) is 0 Å². The maximum absolute atomic E-state index is 12.5. The van der Waals surface area contributed by atoms with Crippen LogP contribution in [0.4, 0.5) is 8.78 Å². The predicted octanol–water partition coefficient (Wildman–Crippen LogP) is 1.50. The lowest BCUT2D eigenvalue weighted by Gasteiger charge is -2.12. The van der Waals surface area contributed by atoms with Crippen molar-refractivity contribution < 1.29 is 13.6 Å². The van der Waals surface area contributed by atoms with Gasteiger partial charge in [0.1, 0.15) is 0 Å². The van der Waals surface area contributed by atoms with Crippen LogP contribution in [0.25, 0.3) is 0 Å². The second kappa shape index (κ2) is 5.09. The number of alkyl halides is 2. The molecule has 2 nitrogen and oxygen atoms in total. The summed E-state index contributed by atoms with van der Waals surface area (Å²) in [6.45, 7) is 0.687. The highest BCUT2D eigenvalue weighted by molar-refractivity contribution is 9.12. The average Bonchev–Trinajstić information content (AvgIpc) is 2.02. The van der Waals surface area contributed by atoms with E-state index in [0.29, 0.717) is 0 Å². The zero-order chi connectivity index (χ0) is 9.61. The van der Waals surface area contributed by atoms with Crippen LogP contribution in [0, 0.1) is 10.8 Å². The molecular formula is C7H8BrF2NO. The molecule has 0 fully saturated rings. The van der Waals surface area contributed by atoms with Gasteiger partial charge in [0, 0.05) is 28.3 Å². The van der Waals surface area contributed by atoms with Gasteiger partial charge in [0.2, 0.25) is 0 Å². The molecule has 1 amide bonds. The van der Waals surface area contributed by atoms with E-state index in [9.17, 15) is 13.6 Å². The topological polar surface area (TPSA) is 29.1 Å². The van der Waals surface area contributed by atoms with Crippen LogP contribution in [0.2, 0.25) is 0 Å². The Bertz CT molecular complexity index is 219. The average molecular weight is 240 g/mol. The fourth-order valence-electron chi connectivity index (χ4n) is 0.422. The van der Waals surface area contributed by atoms with Crippen molar-refractivity contribution in [2.75, 3.05) is 6.54 Å². The molecule has 12 heavy (non-hydrogen) atoms. The summed E-state index contributed by atoms with van der Waals surface area (Å²) in [7, 11) is 0. The van der Waals surface area contributed by atoms with Gasteiger partial charge < -0.3 is 5.32 Å². The molecule has 5 heteroatoms. The Balaban J connectivity index is 3.80. The van der Waals surface area contributed by atoms with Crippen molar-refractivity contribution in [3.8, 4) is 10.8 Å². The van der Waals surface area contributed by atoms with Gasteiger partial charge >= 0.3 is 0 Å². The van der Waals surface area contributed by atoms with Crippen LogP contribution in [0.1, 0.15) is 13.3 Å². The van der Waals surface area contributed by atoms with E-state index in [4.69, 9.17) is 0 Å². The Morgan fingerprint density at radius 3 is 2.67 bits per heavy atom. The van der Waals surface area contributed by atoms with Crippen LogP contribution < -0.4 is 5.32 Å². The number of hydrogen-bond acceptors (Lipinski definition) is 1. The fraction of sp³-hybridized carbons (Fsp3) is 0.571. The Hall–Kier alpha value is -0.630. The standard InChI is InChI=1S/C7H8BrF2NO/c1-2-7(9,10)5-11-6(12)3-4-8/h2,5H2,1H3,(H,11,12). The van der Waals surface area contributed by atoms with Crippen molar-refractivity contribution in [1.29, 1.82) is 0 Å². The van der Waals surface area contributed by atoms with Gasteiger partial charge in [-0.15, -0.1) is 0 Å². The molecule has 0 rings (SSSR count). The normalized spacial score (nSPS) is 10.0. The van der Waals surface area contributed by atoms with Gasteiger partial charge in [-0.05, 0) is 4.83 Å². The van der Waals surface area contributed by atoms with E-state index >= 15 is 0 Å². The van der Waals surface area contributed by atoms with Gasteiger partial charge in [-0.2, -0.15) is 0 Å². The molecule has 0 saturated carbocycles. The molecule has 0 aliphatic carbocycles. The first-order chi connectivity index (χ1) is 5.52. The van der Waals surface area contributed by atoms with E-state index in [2.05, 4.69) is 20.8 Å². The lowest BCUT2D eigenvalue weighted by molar-refractivity contribution is -0.117. The van der Waals surface area contributed by atoms with Crippen LogP contribution in [0.3, 0.4) is 0 Å². The lowest BCUT2D eigenvalue weighted by atomic mass is 10.2. The summed E-state index contributed by atoms with van der Waals surface area (Å²) in [6, 6.07) is 0. The second-order valence-corrected chi connectivity index (χ2v) is 2.51. The second-order valence-electron chi connectivity index (χ2n) is 2.11. The summed E-state index contributed by atoms with van der Waals surface area (Å²) in [5.41, 5.74) is 0. The molecule has 0 radical (unpaired) electrons. The minimum absolute atomic E-state index is 0.297. The van der Waals surface area contributed by atoms with Gasteiger partial charge in [-0.1, -0.05) is 6.92 Å². The van der Waals surface area contributed by atoms with E-state index in [1.807, 2.05) is 11.2 Å². The van der Waals surface area contributed by atoms with Crippen molar-refractivity contribution in [2.24, 2.45) is 0 Å². The minimum atomic E-state index is -2.84. The number of carbonyl (C=O) groups is 1. The summed E-state index contributed by atoms with van der Waals surface area (Å²) < 4.78 is 25.0. The molecule has 0 aromatic heterocycles. The molecule has 0 saturated heterocycles. The zero-order valence-corrected chi connectivity index (χ0v) is 8.04. The highest BCUT2D eigenvalue weighted by Gasteiger charge is 2.26. The maximum atomic E-state index is 12.5. The summed E-state index contributed by atoms with van der Waals surface area (Å²) in [4.78, 5) is 12.7. The number of carbonyl (C=O) groups excluding carboxylic acids is 1. The predicted molar refractivity (Wildman–Crippen MR) is 45.0 cm³/mol. The van der Waals surface area contributed by atoms with Crippen LogP contribution in [-0.4, -0.2) is 18.4 Å². The van der Waals surface area contributed by atoms with Gasteiger partial charge in [-0.25, -0.2) is 8.78 Å². The quantitative estimate of drug-likeness (QED) is 0.744. The van der Waals surface area contributed by atoms with Crippen LogP contribution in [0.5, 0.6) is 0 Å². The lowest BCUT2D eigenvalue weighted by Crippen LogP contribution is -2.35. The Morgan fingerprint density at radius 2 is 2.25 bits per heavy atom. The number of nitrogens with one attached hydrogen (secondary N) is 1. The number of hydrogen-bond donors (Lipinski definition) is 1. The molecular weight excluding hydrogens is 232 g/mol. The van der Waals surface area contributed by atoms with Crippen LogP contribution in [-0.2, 0) is 4.79 Å². The van der Waals surface area contributed by atoms with E-state index < -0.39 is 18.4 Å². The third-order valence-corrected chi connectivity index (χ3v) is 1.38. The monoisotopic (exact) mass is 239 g/mol. The third-order valence-electron chi connectivity index (χ3n) is 1.19. The molecule has 0 atom stereocenters. The van der Waals surface area contributed by atoms with Gasteiger partial charge in [0.05, 0.1) is 6.54 Å². The molecule has 0 aromatic carbocycles. The van der Waals surface area contributed by atoms with Crippen molar-refractivity contribution in [3.05, 3.63) is 0 Å². The fourth-order valence-corrected chi connectivity index (χ4v) is 0.602. The third kappa shape index (κ3) is 5.08. The first-order valence-corrected chi connectivity index (χ1v) is 4.08. The molecule has 0 unspecified atom stereocenters. The smallest absolute Gasteiger partial charge is 0.296 e. The maximum Gasteiger partial charge on any atom is 0.296 e. The van der Waals surface area contributed by atoms with E-state index in [1.54, 1.807) is 0 Å². The molecule has 0 heterocycles. The molecule has 0 bridgehead atoms. The summed E-state index contributed by atoms with van der Waals surface area (Å²) in [6.07, 6.45) is -0.297. The molecule has 1 N–H and O–H groups in total. The number of rotatable bonds is 3. The van der Waals surface area contributed by atoms with Crippen molar-refractivity contribution >= 4 is 21.8 Å². The first-order valence-electron chi connectivity index (χ1n) is 3.29. The summed E-state index contributed by atoms with van der Waals surface area (Å²) >= 11 is 2.68. The highest BCUT2D eigenvalue weighted by Crippen LogP contribution is 2.15. The van der Waals surface area contributed by atoms with Crippen LogP contribution >= 0.6 is 15.9 Å². The highest BCUT2D eigenvalue weighted by atomic mass is 79.9. The Kier molecular flexibility index (Phi) is 4.83. The molecule has 0 spiro atoms. The molecule has 0 aliphatic rings. The van der Waals surface area contributed by atoms with Crippen molar-refractivity contribution in [2.45, 2.75) is 19.3 Å². The summed E-state index contributed by atoms with van der Waals surface area (Å²) in [5, 5.41) is 1.98. The number of amides is 1. The first kappa shape index (κ1) is 11.4. The van der Waals surface area contributed by atoms with Crippen molar-refractivity contribution in [3.63, 3.8) is 0 Å². The molecule has 0 aromatic rings. The van der Waals surface area contributed by atoms with Gasteiger partial charge in [0.15, 0.2) is 0 Å². The Labute approximate surface area is 77.8 Å². The molecule has 0 aliphatic heterocycles.